The Kier molecular flexibility index (Phi) is 2.76. The van der Waals surface area contributed by atoms with Gasteiger partial charge in [0.1, 0.15) is 11.5 Å². The fourth-order valence-corrected chi connectivity index (χ4v) is 2.34. The van der Waals surface area contributed by atoms with E-state index in [2.05, 4.69) is 0 Å². The van der Waals surface area contributed by atoms with Crippen molar-refractivity contribution >= 4 is 5.78 Å². The van der Waals surface area contributed by atoms with Crippen LogP contribution in [0.25, 0.3) is 0 Å². The first kappa shape index (κ1) is 10.2. The summed E-state index contributed by atoms with van der Waals surface area (Å²) in [5, 5.41) is 9.76. The molecule has 2 heteroatoms. The minimum absolute atomic E-state index is 0.115. The third kappa shape index (κ3) is 2.04. The number of phenolic OH excluding ortho intramolecular Hbond substituents is 1. The highest BCUT2D eigenvalue weighted by Gasteiger charge is 2.16. The normalized spacial score (nSPS) is 14.7. The van der Waals surface area contributed by atoms with Crippen molar-refractivity contribution in [3.63, 3.8) is 0 Å². The number of carbonyl (C=O) groups excluding carboxylic acids is 1. The summed E-state index contributed by atoms with van der Waals surface area (Å²) < 4.78 is 0. The zero-order valence-corrected chi connectivity index (χ0v) is 9.05. The number of benzene rings is 1. The molecule has 0 atom stereocenters. The van der Waals surface area contributed by atoms with Gasteiger partial charge in [-0.3, -0.25) is 4.79 Å². The van der Waals surface area contributed by atoms with Crippen LogP contribution in [0.1, 0.15) is 36.5 Å². The molecule has 0 aromatic heterocycles. The van der Waals surface area contributed by atoms with E-state index < -0.39 is 0 Å². The summed E-state index contributed by atoms with van der Waals surface area (Å²) in [7, 11) is 0. The van der Waals surface area contributed by atoms with Gasteiger partial charge in [-0.05, 0) is 49.8 Å². The molecule has 0 aliphatic heterocycles. The number of fused-ring (bicyclic) bond motifs is 1. The zero-order valence-electron chi connectivity index (χ0n) is 9.05. The molecule has 0 spiro atoms. The molecule has 0 saturated carbocycles. The van der Waals surface area contributed by atoms with E-state index in [4.69, 9.17) is 0 Å². The zero-order chi connectivity index (χ0) is 10.8. The highest BCUT2D eigenvalue weighted by atomic mass is 16.3. The lowest BCUT2D eigenvalue weighted by molar-refractivity contribution is -0.116. The molecule has 1 aliphatic carbocycles. The Balaban J connectivity index is 2.45. The molecule has 1 aromatic rings. The van der Waals surface area contributed by atoms with Crippen molar-refractivity contribution in [2.45, 2.75) is 39.0 Å². The van der Waals surface area contributed by atoms with Crippen LogP contribution in [0.3, 0.4) is 0 Å². The van der Waals surface area contributed by atoms with E-state index in [1.807, 2.05) is 6.07 Å². The summed E-state index contributed by atoms with van der Waals surface area (Å²) in [6, 6.07) is 3.72. The fourth-order valence-electron chi connectivity index (χ4n) is 2.34. The second kappa shape index (κ2) is 4.05. The van der Waals surface area contributed by atoms with Gasteiger partial charge >= 0.3 is 0 Å². The van der Waals surface area contributed by atoms with Gasteiger partial charge in [-0.2, -0.15) is 0 Å². The van der Waals surface area contributed by atoms with E-state index in [9.17, 15) is 9.90 Å². The number of rotatable bonds is 2. The molecular formula is C13H16O2. The van der Waals surface area contributed by atoms with E-state index in [1.165, 1.54) is 24.0 Å². The van der Waals surface area contributed by atoms with Crippen LogP contribution >= 0.6 is 0 Å². The maximum atomic E-state index is 11.1. The smallest absolute Gasteiger partial charge is 0.134 e. The van der Waals surface area contributed by atoms with Gasteiger partial charge in [-0.1, -0.05) is 6.07 Å². The number of ketones is 1. The summed E-state index contributed by atoms with van der Waals surface area (Å²) in [5.74, 6) is 0.398. The molecule has 80 valence electrons. The van der Waals surface area contributed by atoms with E-state index in [-0.39, 0.29) is 11.5 Å². The summed E-state index contributed by atoms with van der Waals surface area (Å²) in [6.45, 7) is 1.57. The maximum absolute atomic E-state index is 11.1. The van der Waals surface area contributed by atoms with Crippen LogP contribution in [0, 0.1) is 0 Å². The Bertz CT molecular complexity index is 394. The van der Waals surface area contributed by atoms with Crippen molar-refractivity contribution < 1.29 is 9.90 Å². The molecule has 0 unspecified atom stereocenters. The summed E-state index contributed by atoms with van der Waals surface area (Å²) in [5.41, 5.74) is 3.39. The van der Waals surface area contributed by atoms with Crippen molar-refractivity contribution in [3.05, 3.63) is 28.8 Å². The molecule has 0 amide bonds. The molecule has 2 rings (SSSR count). The van der Waals surface area contributed by atoms with Crippen LogP contribution in [0.2, 0.25) is 0 Å². The molecule has 1 N–H and O–H groups in total. The Hall–Kier alpha value is -1.31. The standard InChI is InChI=1S/C13H16O2/c1-9(14)8-12-11-5-3-2-4-10(11)6-7-13(12)15/h6-7,15H,2-5,8H2,1H3. The van der Waals surface area contributed by atoms with E-state index in [0.29, 0.717) is 6.42 Å². The van der Waals surface area contributed by atoms with Crippen LogP contribution < -0.4 is 0 Å². The number of Topliss-reactive ketones (excluding diaryl/α,β-unsaturated/α-hetero) is 1. The van der Waals surface area contributed by atoms with Crippen LogP contribution in [0.4, 0.5) is 0 Å². The Labute approximate surface area is 89.9 Å². The molecule has 1 aliphatic rings. The van der Waals surface area contributed by atoms with Gasteiger partial charge in [-0.25, -0.2) is 0 Å². The predicted octanol–water partition coefficient (Wildman–Crippen LogP) is 2.40. The lowest BCUT2D eigenvalue weighted by atomic mass is 9.86. The second-order valence-electron chi connectivity index (χ2n) is 4.29. The van der Waals surface area contributed by atoms with Crippen molar-refractivity contribution in [2.75, 3.05) is 0 Å². The quantitative estimate of drug-likeness (QED) is 0.803. The van der Waals surface area contributed by atoms with Gasteiger partial charge < -0.3 is 5.11 Å². The van der Waals surface area contributed by atoms with Gasteiger partial charge in [-0.15, -0.1) is 0 Å². The Morgan fingerprint density at radius 3 is 2.80 bits per heavy atom. The van der Waals surface area contributed by atoms with Crippen LogP contribution in [0.15, 0.2) is 12.1 Å². The lowest BCUT2D eigenvalue weighted by Gasteiger charge is -2.19. The minimum Gasteiger partial charge on any atom is -0.508 e. The van der Waals surface area contributed by atoms with Gasteiger partial charge in [0.2, 0.25) is 0 Å². The lowest BCUT2D eigenvalue weighted by Crippen LogP contribution is -2.09. The van der Waals surface area contributed by atoms with Gasteiger partial charge in [0.15, 0.2) is 0 Å². The molecule has 2 nitrogen and oxygen atoms in total. The number of hydrogen-bond acceptors (Lipinski definition) is 2. The molecule has 0 saturated heterocycles. The summed E-state index contributed by atoms with van der Waals surface area (Å²) in [6.07, 6.45) is 4.85. The highest BCUT2D eigenvalue weighted by Crippen LogP contribution is 2.30. The molecule has 0 radical (unpaired) electrons. The summed E-state index contributed by atoms with van der Waals surface area (Å²) in [4.78, 5) is 11.1. The topological polar surface area (TPSA) is 37.3 Å². The van der Waals surface area contributed by atoms with E-state index >= 15 is 0 Å². The average Bonchev–Trinajstić information content (AvgIpc) is 2.22. The predicted molar refractivity (Wildman–Crippen MR) is 59.1 cm³/mol. The van der Waals surface area contributed by atoms with Crippen molar-refractivity contribution in [1.29, 1.82) is 0 Å². The molecule has 0 fully saturated rings. The molecular weight excluding hydrogens is 188 g/mol. The number of phenols is 1. The van der Waals surface area contributed by atoms with Gasteiger partial charge in [0.25, 0.3) is 0 Å². The number of aromatic hydroxyl groups is 1. The number of hydrogen-bond donors (Lipinski definition) is 1. The molecule has 0 heterocycles. The Morgan fingerprint density at radius 2 is 2.07 bits per heavy atom. The first-order chi connectivity index (χ1) is 7.18. The third-order valence-corrected chi connectivity index (χ3v) is 3.05. The van der Waals surface area contributed by atoms with Crippen LogP contribution in [-0.4, -0.2) is 10.9 Å². The first-order valence-corrected chi connectivity index (χ1v) is 5.50. The molecule has 1 aromatic carbocycles. The highest BCUT2D eigenvalue weighted by molar-refractivity contribution is 5.79. The van der Waals surface area contributed by atoms with E-state index in [1.54, 1.807) is 13.0 Å². The number of aryl methyl sites for hydroxylation is 1. The van der Waals surface area contributed by atoms with Gasteiger partial charge in [0, 0.05) is 12.0 Å². The van der Waals surface area contributed by atoms with Gasteiger partial charge in [0.05, 0.1) is 0 Å². The first-order valence-electron chi connectivity index (χ1n) is 5.50. The largest absolute Gasteiger partial charge is 0.508 e. The van der Waals surface area contributed by atoms with Crippen molar-refractivity contribution in [1.82, 2.24) is 0 Å². The monoisotopic (exact) mass is 204 g/mol. The third-order valence-electron chi connectivity index (χ3n) is 3.05. The second-order valence-corrected chi connectivity index (χ2v) is 4.29. The van der Waals surface area contributed by atoms with E-state index in [0.717, 1.165) is 18.4 Å². The number of carbonyl (C=O) groups is 1. The maximum Gasteiger partial charge on any atom is 0.134 e. The summed E-state index contributed by atoms with van der Waals surface area (Å²) >= 11 is 0. The Morgan fingerprint density at radius 1 is 1.33 bits per heavy atom. The SMILES string of the molecule is CC(=O)Cc1c(O)ccc2c1CCCC2. The molecule has 15 heavy (non-hydrogen) atoms. The van der Waals surface area contributed by atoms with Crippen LogP contribution in [0.5, 0.6) is 5.75 Å². The average molecular weight is 204 g/mol. The van der Waals surface area contributed by atoms with Crippen LogP contribution in [-0.2, 0) is 24.1 Å². The molecule has 0 bridgehead atoms. The van der Waals surface area contributed by atoms with Crippen molar-refractivity contribution in [2.24, 2.45) is 0 Å². The van der Waals surface area contributed by atoms with Crippen molar-refractivity contribution in [3.8, 4) is 5.75 Å². The fraction of sp³-hybridized carbons (Fsp3) is 0.462. The minimum atomic E-state index is 0.115.